The van der Waals surface area contributed by atoms with Gasteiger partial charge >= 0.3 is 0 Å². The SMILES string of the molecule is COc1ccc2c(c1)c1cc(OC)ccc1n2-c1ccc([Si](c2ccccc2)(c2ccccc2)c2ccc(-n3c4ccc(OC)cc4c4cc(OC)ccc43)cc2)cc1. The lowest BCUT2D eigenvalue weighted by molar-refractivity contribution is 0.415. The molecule has 288 valence electrons. The number of ether oxygens (including phenoxy) is 4. The Balaban J connectivity index is 1.17. The quantitative estimate of drug-likeness (QED) is 0.103. The highest BCUT2D eigenvalue weighted by molar-refractivity contribution is 7.19. The first-order valence-corrected chi connectivity index (χ1v) is 21.7. The summed E-state index contributed by atoms with van der Waals surface area (Å²) in [5, 5.41) is 9.68. The highest BCUT2D eigenvalue weighted by Gasteiger charge is 2.41. The summed E-state index contributed by atoms with van der Waals surface area (Å²) in [6, 6.07) is 65.8. The molecule has 0 aliphatic rings. The maximum Gasteiger partial charge on any atom is 0.179 e. The first-order chi connectivity index (χ1) is 29.0. The monoisotopic (exact) mass is 786 g/mol. The number of hydrogen-bond acceptors (Lipinski definition) is 4. The van der Waals surface area contributed by atoms with Crippen molar-refractivity contribution in [1.29, 1.82) is 0 Å². The normalized spacial score (nSPS) is 11.7. The minimum absolute atomic E-state index is 0.820. The molecule has 7 heteroatoms. The number of aromatic nitrogens is 2. The van der Waals surface area contributed by atoms with Gasteiger partial charge in [0.2, 0.25) is 0 Å². The molecule has 0 aliphatic heterocycles. The van der Waals surface area contributed by atoms with Crippen LogP contribution in [0.2, 0.25) is 0 Å². The number of nitrogens with zero attached hydrogens (tertiary/aromatic N) is 2. The van der Waals surface area contributed by atoms with Gasteiger partial charge in [-0.25, -0.2) is 0 Å². The van der Waals surface area contributed by atoms with Gasteiger partial charge in [-0.05, 0) is 118 Å². The number of benzene rings is 8. The summed E-state index contributed by atoms with van der Waals surface area (Å²) in [6.45, 7) is 0. The van der Waals surface area contributed by atoms with Gasteiger partial charge in [0.05, 0.1) is 50.5 Å². The Morgan fingerprint density at radius 1 is 0.305 bits per heavy atom. The molecule has 0 saturated carbocycles. The number of hydrogen-bond donors (Lipinski definition) is 0. The average Bonchev–Trinajstić information content (AvgIpc) is 3.81. The van der Waals surface area contributed by atoms with E-state index in [4.69, 9.17) is 18.9 Å². The van der Waals surface area contributed by atoms with Gasteiger partial charge in [0, 0.05) is 32.9 Å². The van der Waals surface area contributed by atoms with Gasteiger partial charge in [-0.15, -0.1) is 0 Å². The molecule has 10 rings (SSSR count). The molecule has 59 heavy (non-hydrogen) atoms. The van der Waals surface area contributed by atoms with Crippen molar-refractivity contribution < 1.29 is 18.9 Å². The summed E-state index contributed by atoms with van der Waals surface area (Å²) in [4.78, 5) is 0. The summed E-state index contributed by atoms with van der Waals surface area (Å²) < 4.78 is 27.3. The molecule has 0 bridgehead atoms. The third-order valence-electron chi connectivity index (χ3n) is 11.9. The van der Waals surface area contributed by atoms with E-state index in [0.717, 1.165) is 78.0 Å². The zero-order chi connectivity index (χ0) is 40.1. The molecule has 0 saturated heterocycles. The predicted molar refractivity (Wildman–Crippen MR) is 245 cm³/mol. The van der Waals surface area contributed by atoms with Crippen LogP contribution < -0.4 is 39.7 Å². The van der Waals surface area contributed by atoms with Crippen LogP contribution >= 0.6 is 0 Å². The molecule has 0 radical (unpaired) electrons. The maximum absolute atomic E-state index is 5.66. The molecule has 0 aliphatic carbocycles. The molecule has 0 atom stereocenters. The van der Waals surface area contributed by atoms with E-state index in [0.29, 0.717) is 0 Å². The standard InChI is InChI=1S/C52H42N2O4Si/c1-55-37-19-27-49-45(31-37)46-32-38(56-2)20-28-50(46)53(49)35-15-23-43(24-16-35)59(41-11-7-5-8-12-41,42-13-9-6-10-14-42)44-25-17-36(18-26-44)54-51-29-21-39(57-3)33-47(51)48-34-40(58-4)22-30-52(48)54/h5-34H,1-4H3. The topological polar surface area (TPSA) is 46.8 Å². The summed E-state index contributed by atoms with van der Waals surface area (Å²) in [5.74, 6) is 3.28. The highest BCUT2D eigenvalue weighted by atomic mass is 28.3. The average molecular weight is 787 g/mol. The molecular formula is C52H42N2O4Si. The van der Waals surface area contributed by atoms with E-state index in [1.165, 1.54) is 20.7 Å². The van der Waals surface area contributed by atoms with Gasteiger partial charge in [-0.3, -0.25) is 0 Å². The second kappa shape index (κ2) is 14.6. The van der Waals surface area contributed by atoms with Crippen molar-refractivity contribution in [3.05, 3.63) is 182 Å². The molecule has 2 aromatic heterocycles. The fraction of sp³-hybridized carbons (Fsp3) is 0.0769. The van der Waals surface area contributed by atoms with Crippen LogP contribution in [0.1, 0.15) is 0 Å². The van der Waals surface area contributed by atoms with E-state index in [-0.39, 0.29) is 0 Å². The molecule has 2 heterocycles. The summed E-state index contributed by atoms with van der Waals surface area (Å²) >= 11 is 0. The van der Waals surface area contributed by atoms with E-state index in [1.54, 1.807) is 28.4 Å². The number of fused-ring (bicyclic) bond motifs is 6. The molecule has 0 spiro atoms. The van der Waals surface area contributed by atoms with Gasteiger partial charge in [0.1, 0.15) is 23.0 Å². The van der Waals surface area contributed by atoms with Gasteiger partial charge < -0.3 is 28.1 Å². The summed E-state index contributed by atoms with van der Waals surface area (Å²) in [7, 11) is 3.98. The largest absolute Gasteiger partial charge is 0.497 e. The van der Waals surface area contributed by atoms with E-state index >= 15 is 0 Å². The molecule has 10 aromatic rings. The van der Waals surface area contributed by atoms with Gasteiger partial charge in [0.25, 0.3) is 0 Å². The number of rotatable bonds is 10. The van der Waals surface area contributed by atoms with Crippen LogP contribution in [-0.4, -0.2) is 45.6 Å². The van der Waals surface area contributed by atoms with Crippen molar-refractivity contribution in [3.8, 4) is 34.4 Å². The van der Waals surface area contributed by atoms with Gasteiger partial charge in [0.15, 0.2) is 8.07 Å². The zero-order valence-corrected chi connectivity index (χ0v) is 34.3. The summed E-state index contributed by atoms with van der Waals surface area (Å²) in [6.07, 6.45) is 0. The first-order valence-electron chi connectivity index (χ1n) is 19.7. The van der Waals surface area contributed by atoms with E-state index < -0.39 is 8.07 Å². The van der Waals surface area contributed by atoms with Crippen LogP contribution in [0.25, 0.3) is 55.0 Å². The highest BCUT2D eigenvalue weighted by Crippen LogP contribution is 2.38. The predicted octanol–water partition coefficient (Wildman–Crippen LogP) is 9.29. The third kappa shape index (κ3) is 5.76. The lowest BCUT2D eigenvalue weighted by atomic mass is 10.1. The van der Waals surface area contributed by atoms with Crippen molar-refractivity contribution in [2.24, 2.45) is 0 Å². The van der Waals surface area contributed by atoms with Crippen LogP contribution in [0.15, 0.2) is 182 Å². The lowest BCUT2D eigenvalue weighted by Gasteiger charge is -2.34. The van der Waals surface area contributed by atoms with Crippen molar-refractivity contribution in [2.75, 3.05) is 28.4 Å². The van der Waals surface area contributed by atoms with Crippen molar-refractivity contribution >= 4 is 72.4 Å². The van der Waals surface area contributed by atoms with Crippen molar-refractivity contribution in [3.63, 3.8) is 0 Å². The molecule has 0 amide bonds. The molecule has 0 unspecified atom stereocenters. The van der Waals surface area contributed by atoms with Crippen LogP contribution in [0.4, 0.5) is 0 Å². The van der Waals surface area contributed by atoms with Crippen molar-refractivity contribution in [1.82, 2.24) is 9.13 Å². The Morgan fingerprint density at radius 2 is 0.576 bits per heavy atom. The minimum atomic E-state index is -2.86. The Bertz CT molecular complexity index is 2800. The zero-order valence-electron chi connectivity index (χ0n) is 33.3. The third-order valence-corrected chi connectivity index (χ3v) is 16.7. The molecule has 0 N–H and O–H groups in total. The second-order valence-electron chi connectivity index (χ2n) is 14.8. The molecule has 0 fully saturated rings. The van der Waals surface area contributed by atoms with E-state index in [1.807, 2.05) is 24.3 Å². The Kier molecular flexibility index (Phi) is 8.95. The fourth-order valence-electron chi connectivity index (χ4n) is 9.12. The van der Waals surface area contributed by atoms with E-state index in [2.05, 4.69) is 167 Å². The van der Waals surface area contributed by atoms with Crippen LogP contribution in [0, 0.1) is 0 Å². The molecular weight excluding hydrogens is 745 g/mol. The van der Waals surface area contributed by atoms with E-state index in [9.17, 15) is 0 Å². The lowest BCUT2D eigenvalue weighted by Crippen LogP contribution is -2.74. The van der Waals surface area contributed by atoms with Gasteiger partial charge in [-0.1, -0.05) is 84.9 Å². The van der Waals surface area contributed by atoms with Gasteiger partial charge in [-0.2, -0.15) is 0 Å². The Morgan fingerprint density at radius 3 is 0.847 bits per heavy atom. The minimum Gasteiger partial charge on any atom is -0.497 e. The molecule has 6 nitrogen and oxygen atoms in total. The smallest absolute Gasteiger partial charge is 0.179 e. The maximum atomic E-state index is 5.66. The second-order valence-corrected chi connectivity index (χ2v) is 18.6. The molecule has 8 aromatic carbocycles. The fourth-order valence-corrected chi connectivity index (χ4v) is 13.8. The summed E-state index contributed by atoms with van der Waals surface area (Å²) in [5.41, 5.74) is 6.59. The van der Waals surface area contributed by atoms with Crippen LogP contribution in [0.3, 0.4) is 0 Å². The number of methoxy groups -OCH3 is 4. The van der Waals surface area contributed by atoms with Crippen LogP contribution in [0.5, 0.6) is 23.0 Å². The van der Waals surface area contributed by atoms with Crippen molar-refractivity contribution in [2.45, 2.75) is 0 Å². The Hall–Kier alpha value is -7.22. The first kappa shape index (κ1) is 36.1. The Labute approximate surface area is 344 Å². The van der Waals surface area contributed by atoms with Crippen LogP contribution in [-0.2, 0) is 0 Å².